The van der Waals surface area contributed by atoms with Crippen LogP contribution in [0.3, 0.4) is 0 Å². The van der Waals surface area contributed by atoms with Gasteiger partial charge in [-0.2, -0.15) is 0 Å². The molecule has 0 amide bonds. The van der Waals surface area contributed by atoms with Crippen molar-refractivity contribution in [3.63, 3.8) is 0 Å². The van der Waals surface area contributed by atoms with E-state index < -0.39 is 6.10 Å². The van der Waals surface area contributed by atoms with Gasteiger partial charge in [-0.15, -0.1) is 0 Å². The smallest absolute Gasteiger partial charge is 0.328 e. The molecule has 32 heavy (non-hydrogen) atoms. The van der Waals surface area contributed by atoms with Crippen LogP contribution in [-0.4, -0.2) is 20.8 Å². The molecule has 0 saturated heterocycles. The molecule has 2 unspecified atom stereocenters. The second-order valence-corrected chi connectivity index (χ2v) is 8.13. The van der Waals surface area contributed by atoms with E-state index in [-0.39, 0.29) is 18.3 Å². The molecule has 0 aliphatic rings. The maximum atomic E-state index is 12.1. The number of hydrogen-bond donors (Lipinski definition) is 2. The number of benzene rings is 3. The van der Waals surface area contributed by atoms with E-state index in [2.05, 4.69) is 24.4 Å². The molecular weight excluding hydrogens is 402 g/mol. The minimum atomic E-state index is -0.789. The number of ether oxygens (including phenoxy) is 1. The van der Waals surface area contributed by atoms with Gasteiger partial charge in [-0.25, -0.2) is 4.79 Å². The van der Waals surface area contributed by atoms with Gasteiger partial charge in [0.15, 0.2) is 0 Å². The third-order valence-corrected chi connectivity index (χ3v) is 5.92. The van der Waals surface area contributed by atoms with Crippen LogP contribution in [0.1, 0.15) is 35.8 Å². The summed E-state index contributed by atoms with van der Waals surface area (Å²) in [5.41, 5.74) is 4.67. The first kappa shape index (κ1) is 21.9. The van der Waals surface area contributed by atoms with Crippen molar-refractivity contribution in [2.45, 2.75) is 25.6 Å². The standard InChI is InChI=1S/C26H29N3O3/c1-18(20-7-5-4-6-8-20)27-16-19-9-12-22(13-10-19)32-17-25(30)21-11-14-23-24(15-21)29(3)26(31)28(23)2/h4-15,18,25,27,30H,16-17H2,1-3H3. The molecule has 0 aliphatic heterocycles. The number of fused-ring (bicyclic) bond motifs is 1. The van der Waals surface area contributed by atoms with Crippen LogP contribution in [0, 0.1) is 0 Å². The number of nitrogens with zero attached hydrogens (tertiary/aromatic N) is 2. The van der Waals surface area contributed by atoms with E-state index in [9.17, 15) is 9.90 Å². The lowest BCUT2D eigenvalue weighted by atomic mass is 10.1. The van der Waals surface area contributed by atoms with Crippen LogP contribution in [0.5, 0.6) is 5.75 Å². The average molecular weight is 432 g/mol. The lowest BCUT2D eigenvalue weighted by Crippen LogP contribution is -2.19. The van der Waals surface area contributed by atoms with Gasteiger partial charge in [0, 0.05) is 26.7 Å². The molecule has 1 heterocycles. The van der Waals surface area contributed by atoms with Crippen molar-refractivity contribution in [1.82, 2.24) is 14.5 Å². The van der Waals surface area contributed by atoms with Gasteiger partial charge in [-0.1, -0.05) is 48.5 Å². The monoisotopic (exact) mass is 431 g/mol. The minimum Gasteiger partial charge on any atom is -0.491 e. The molecule has 0 saturated carbocycles. The normalized spacial score (nSPS) is 13.2. The average Bonchev–Trinajstić information content (AvgIpc) is 3.05. The second-order valence-electron chi connectivity index (χ2n) is 8.13. The summed E-state index contributed by atoms with van der Waals surface area (Å²) in [4.78, 5) is 12.1. The van der Waals surface area contributed by atoms with Crippen molar-refractivity contribution < 1.29 is 9.84 Å². The molecule has 6 nitrogen and oxygen atoms in total. The predicted octanol–water partition coefficient (Wildman–Crippen LogP) is 3.84. The van der Waals surface area contributed by atoms with E-state index in [4.69, 9.17) is 4.74 Å². The largest absolute Gasteiger partial charge is 0.491 e. The van der Waals surface area contributed by atoms with E-state index in [1.54, 1.807) is 23.2 Å². The SMILES string of the molecule is CC(NCc1ccc(OCC(O)c2ccc3c(c2)n(C)c(=O)n3C)cc1)c1ccccc1. The fourth-order valence-corrected chi connectivity index (χ4v) is 3.84. The zero-order valence-corrected chi connectivity index (χ0v) is 18.7. The first-order valence-electron chi connectivity index (χ1n) is 10.8. The number of imidazole rings is 1. The summed E-state index contributed by atoms with van der Waals surface area (Å²) in [6.45, 7) is 3.04. The summed E-state index contributed by atoms with van der Waals surface area (Å²) in [6, 6.07) is 24.0. The van der Waals surface area contributed by atoms with E-state index in [0.29, 0.717) is 5.75 Å². The molecule has 0 fully saturated rings. The predicted molar refractivity (Wildman–Crippen MR) is 127 cm³/mol. The number of rotatable bonds is 8. The first-order valence-corrected chi connectivity index (χ1v) is 10.8. The molecule has 4 aromatic rings. The van der Waals surface area contributed by atoms with Crippen molar-refractivity contribution in [2.24, 2.45) is 14.1 Å². The number of aromatic nitrogens is 2. The third kappa shape index (κ3) is 4.61. The van der Waals surface area contributed by atoms with Crippen LogP contribution in [-0.2, 0) is 20.6 Å². The Morgan fingerprint density at radius 3 is 2.31 bits per heavy atom. The Morgan fingerprint density at radius 1 is 0.906 bits per heavy atom. The molecule has 0 radical (unpaired) electrons. The highest BCUT2D eigenvalue weighted by molar-refractivity contribution is 5.77. The number of aliphatic hydroxyl groups excluding tert-OH is 1. The molecule has 0 spiro atoms. The van der Waals surface area contributed by atoms with Crippen LogP contribution in [0.4, 0.5) is 0 Å². The maximum absolute atomic E-state index is 12.1. The van der Waals surface area contributed by atoms with Gasteiger partial charge < -0.3 is 15.2 Å². The van der Waals surface area contributed by atoms with E-state index in [0.717, 1.165) is 28.7 Å². The van der Waals surface area contributed by atoms with Gasteiger partial charge >= 0.3 is 5.69 Å². The van der Waals surface area contributed by atoms with Gasteiger partial charge in [0.05, 0.1) is 11.0 Å². The lowest BCUT2D eigenvalue weighted by Gasteiger charge is -2.15. The molecule has 6 heteroatoms. The lowest BCUT2D eigenvalue weighted by molar-refractivity contribution is 0.108. The fraction of sp³-hybridized carbons (Fsp3) is 0.269. The quantitative estimate of drug-likeness (QED) is 0.445. The highest BCUT2D eigenvalue weighted by Gasteiger charge is 2.13. The zero-order valence-electron chi connectivity index (χ0n) is 18.7. The molecular formula is C26H29N3O3. The van der Waals surface area contributed by atoms with Crippen molar-refractivity contribution in [1.29, 1.82) is 0 Å². The van der Waals surface area contributed by atoms with Gasteiger partial charge in [-0.3, -0.25) is 9.13 Å². The van der Waals surface area contributed by atoms with E-state index in [1.807, 2.05) is 60.7 Å². The van der Waals surface area contributed by atoms with Gasteiger partial charge in [0.1, 0.15) is 18.5 Å². The number of aryl methyl sites for hydroxylation is 2. The number of nitrogens with one attached hydrogen (secondary N) is 1. The summed E-state index contributed by atoms with van der Waals surface area (Å²) >= 11 is 0. The molecule has 1 aromatic heterocycles. The molecule has 2 N–H and O–H groups in total. The Kier molecular flexibility index (Phi) is 6.44. The topological polar surface area (TPSA) is 68.4 Å². The van der Waals surface area contributed by atoms with Crippen LogP contribution < -0.4 is 15.7 Å². The maximum Gasteiger partial charge on any atom is 0.328 e. The highest BCUT2D eigenvalue weighted by atomic mass is 16.5. The van der Waals surface area contributed by atoms with Crippen molar-refractivity contribution in [3.8, 4) is 5.75 Å². The van der Waals surface area contributed by atoms with Crippen molar-refractivity contribution >= 4 is 11.0 Å². The molecule has 3 aromatic carbocycles. The summed E-state index contributed by atoms with van der Waals surface area (Å²) < 4.78 is 8.98. The Labute approximate surface area is 187 Å². The molecule has 4 rings (SSSR count). The molecule has 166 valence electrons. The Morgan fingerprint density at radius 2 is 1.59 bits per heavy atom. The van der Waals surface area contributed by atoms with Gasteiger partial charge in [0.25, 0.3) is 0 Å². The Balaban J connectivity index is 1.33. The van der Waals surface area contributed by atoms with Gasteiger partial charge in [0.2, 0.25) is 0 Å². The van der Waals surface area contributed by atoms with Crippen LogP contribution >= 0.6 is 0 Å². The first-order chi connectivity index (χ1) is 15.4. The summed E-state index contributed by atoms with van der Waals surface area (Å²) in [5.74, 6) is 0.706. The molecule has 0 aliphatic carbocycles. The summed E-state index contributed by atoms with van der Waals surface area (Å²) in [7, 11) is 3.47. The van der Waals surface area contributed by atoms with Crippen LogP contribution in [0.15, 0.2) is 77.6 Å². The number of hydrogen-bond acceptors (Lipinski definition) is 4. The fourth-order valence-electron chi connectivity index (χ4n) is 3.84. The molecule has 0 bridgehead atoms. The minimum absolute atomic E-state index is 0.0874. The number of aliphatic hydroxyl groups is 1. The summed E-state index contributed by atoms with van der Waals surface area (Å²) in [6.07, 6.45) is -0.789. The summed E-state index contributed by atoms with van der Waals surface area (Å²) in [5, 5.41) is 14.1. The van der Waals surface area contributed by atoms with Crippen molar-refractivity contribution in [2.75, 3.05) is 6.61 Å². The highest BCUT2D eigenvalue weighted by Crippen LogP contribution is 2.21. The third-order valence-electron chi connectivity index (χ3n) is 5.92. The molecule has 2 atom stereocenters. The van der Waals surface area contributed by atoms with Crippen LogP contribution in [0.2, 0.25) is 0 Å². The Hall–Kier alpha value is -3.35. The second kappa shape index (κ2) is 9.42. The van der Waals surface area contributed by atoms with E-state index >= 15 is 0 Å². The van der Waals surface area contributed by atoms with E-state index in [1.165, 1.54) is 5.56 Å². The zero-order chi connectivity index (χ0) is 22.7. The van der Waals surface area contributed by atoms with Crippen LogP contribution in [0.25, 0.3) is 11.0 Å². The Bertz CT molecular complexity index is 1240. The van der Waals surface area contributed by atoms with Gasteiger partial charge in [-0.05, 0) is 47.9 Å². The van der Waals surface area contributed by atoms with Crippen molar-refractivity contribution in [3.05, 3.63) is 100.0 Å².